The van der Waals surface area contributed by atoms with Gasteiger partial charge in [-0.3, -0.25) is 10.1 Å². The average molecular weight is 281 g/mol. The van der Waals surface area contributed by atoms with Crippen molar-refractivity contribution in [1.82, 2.24) is 0 Å². The highest BCUT2D eigenvalue weighted by Gasteiger charge is 2.24. The van der Waals surface area contributed by atoms with E-state index in [0.717, 1.165) is 19.3 Å². The Kier molecular flexibility index (Phi) is 5.17. The van der Waals surface area contributed by atoms with Gasteiger partial charge in [0.2, 0.25) is 0 Å². The Bertz CT molecular complexity index is 459. The van der Waals surface area contributed by atoms with E-state index in [1.165, 1.54) is 12.1 Å². The number of ether oxygens (including phenoxy) is 3. The standard InChI is InChI=1S/C14H19NO5/c1-2-3-4-7-18-14-8-11(15(16)17)5-6-13(14)20-10-12-9-19-12/h5-6,8,12H,2-4,7,9-10H2,1H3. The molecular weight excluding hydrogens is 262 g/mol. The number of nitro groups is 1. The van der Waals surface area contributed by atoms with Gasteiger partial charge in [-0.15, -0.1) is 0 Å². The Morgan fingerprint density at radius 2 is 2.15 bits per heavy atom. The van der Waals surface area contributed by atoms with Crippen LogP contribution in [0.2, 0.25) is 0 Å². The minimum atomic E-state index is -0.438. The van der Waals surface area contributed by atoms with E-state index in [4.69, 9.17) is 14.2 Å². The molecule has 1 saturated heterocycles. The van der Waals surface area contributed by atoms with Gasteiger partial charge < -0.3 is 14.2 Å². The molecule has 1 aromatic rings. The van der Waals surface area contributed by atoms with E-state index < -0.39 is 4.92 Å². The second kappa shape index (κ2) is 7.09. The summed E-state index contributed by atoms with van der Waals surface area (Å²) in [7, 11) is 0. The number of unbranched alkanes of at least 4 members (excludes halogenated alkanes) is 2. The van der Waals surface area contributed by atoms with Crippen LogP contribution in [0.4, 0.5) is 5.69 Å². The highest BCUT2D eigenvalue weighted by atomic mass is 16.6. The predicted molar refractivity (Wildman–Crippen MR) is 73.4 cm³/mol. The number of rotatable bonds is 9. The molecule has 0 aromatic heterocycles. The van der Waals surface area contributed by atoms with Crippen LogP contribution in [0.25, 0.3) is 0 Å². The molecule has 6 nitrogen and oxygen atoms in total. The third-order valence-electron chi connectivity index (χ3n) is 2.97. The Hall–Kier alpha value is -1.82. The fourth-order valence-corrected chi connectivity index (χ4v) is 1.72. The van der Waals surface area contributed by atoms with E-state index in [2.05, 4.69) is 6.92 Å². The molecule has 6 heteroatoms. The lowest BCUT2D eigenvalue weighted by Crippen LogP contribution is -2.06. The van der Waals surface area contributed by atoms with Gasteiger partial charge in [0, 0.05) is 6.07 Å². The van der Waals surface area contributed by atoms with Crippen molar-refractivity contribution >= 4 is 5.69 Å². The maximum absolute atomic E-state index is 10.8. The molecule has 1 heterocycles. The zero-order valence-corrected chi connectivity index (χ0v) is 11.5. The molecule has 0 amide bonds. The Labute approximate surface area is 117 Å². The second-order valence-corrected chi connectivity index (χ2v) is 4.71. The number of nitro benzene ring substituents is 1. The van der Waals surface area contributed by atoms with Crippen LogP contribution in [0.1, 0.15) is 26.2 Å². The Balaban J connectivity index is 2.00. The first-order valence-corrected chi connectivity index (χ1v) is 6.86. The summed E-state index contributed by atoms with van der Waals surface area (Å²) >= 11 is 0. The third kappa shape index (κ3) is 4.38. The molecule has 1 aromatic carbocycles. The smallest absolute Gasteiger partial charge is 0.273 e. The summed E-state index contributed by atoms with van der Waals surface area (Å²) in [6.45, 7) is 3.80. The van der Waals surface area contributed by atoms with Crippen LogP contribution < -0.4 is 9.47 Å². The first kappa shape index (κ1) is 14.6. The van der Waals surface area contributed by atoms with Gasteiger partial charge in [0.25, 0.3) is 5.69 Å². The van der Waals surface area contributed by atoms with Crippen LogP contribution in [0.3, 0.4) is 0 Å². The quantitative estimate of drug-likeness (QED) is 0.301. The lowest BCUT2D eigenvalue weighted by atomic mass is 10.2. The van der Waals surface area contributed by atoms with E-state index in [1.54, 1.807) is 6.07 Å². The summed E-state index contributed by atoms with van der Waals surface area (Å²) in [5, 5.41) is 10.8. The highest BCUT2D eigenvalue weighted by molar-refractivity contribution is 5.48. The lowest BCUT2D eigenvalue weighted by molar-refractivity contribution is -0.385. The summed E-state index contributed by atoms with van der Waals surface area (Å²) in [5.74, 6) is 0.957. The normalized spacial score (nSPS) is 16.8. The van der Waals surface area contributed by atoms with E-state index in [0.29, 0.717) is 31.3 Å². The van der Waals surface area contributed by atoms with Crippen LogP contribution in [-0.2, 0) is 4.74 Å². The van der Waals surface area contributed by atoms with Crippen LogP contribution in [0.5, 0.6) is 11.5 Å². The SMILES string of the molecule is CCCCCOc1cc([N+](=O)[O-])ccc1OCC1CO1. The molecule has 1 atom stereocenters. The fourth-order valence-electron chi connectivity index (χ4n) is 1.72. The zero-order valence-electron chi connectivity index (χ0n) is 11.5. The van der Waals surface area contributed by atoms with E-state index in [1.807, 2.05) is 0 Å². The maximum Gasteiger partial charge on any atom is 0.273 e. The van der Waals surface area contributed by atoms with Crippen molar-refractivity contribution in [3.05, 3.63) is 28.3 Å². The summed E-state index contributed by atoms with van der Waals surface area (Å²) in [5.41, 5.74) is 0.00511. The van der Waals surface area contributed by atoms with Gasteiger partial charge in [-0.1, -0.05) is 19.8 Å². The fraction of sp³-hybridized carbons (Fsp3) is 0.571. The number of epoxide rings is 1. The molecule has 0 bridgehead atoms. The molecule has 0 saturated carbocycles. The van der Waals surface area contributed by atoms with Crippen LogP contribution >= 0.6 is 0 Å². The molecule has 20 heavy (non-hydrogen) atoms. The van der Waals surface area contributed by atoms with Gasteiger partial charge in [0.1, 0.15) is 12.7 Å². The molecule has 1 aliphatic heterocycles. The van der Waals surface area contributed by atoms with Crippen LogP contribution in [0.15, 0.2) is 18.2 Å². The topological polar surface area (TPSA) is 74.1 Å². The van der Waals surface area contributed by atoms with Crippen LogP contribution in [0, 0.1) is 10.1 Å². The van der Waals surface area contributed by atoms with E-state index in [-0.39, 0.29) is 11.8 Å². The maximum atomic E-state index is 10.8. The van der Waals surface area contributed by atoms with Gasteiger partial charge in [-0.05, 0) is 12.5 Å². The van der Waals surface area contributed by atoms with Gasteiger partial charge in [0.15, 0.2) is 11.5 Å². The first-order chi connectivity index (χ1) is 9.70. The number of nitrogens with zero attached hydrogens (tertiary/aromatic N) is 1. The molecular formula is C14H19NO5. The number of non-ortho nitro benzene ring substituents is 1. The van der Waals surface area contributed by atoms with Crippen molar-refractivity contribution in [2.45, 2.75) is 32.3 Å². The monoisotopic (exact) mass is 281 g/mol. The molecule has 110 valence electrons. The molecule has 0 N–H and O–H groups in total. The first-order valence-electron chi connectivity index (χ1n) is 6.86. The molecule has 0 radical (unpaired) electrons. The second-order valence-electron chi connectivity index (χ2n) is 4.71. The van der Waals surface area contributed by atoms with Crippen molar-refractivity contribution in [3.8, 4) is 11.5 Å². The Morgan fingerprint density at radius 1 is 1.35 bits per heavy atom. The predicted octanol–water partition coefficient (Wildman–Crippen LogP) is 2.94. The van der Waals surface area contributed by atoms with Crippen LogP contribution in [-0.4, -0.2) is 30.8 Å². The molecule has 1 unspecified atom stereocenters. The lowest BCUT2D eigenvalue weighted by Gasteiger charge is -2.12. The largest absolute Gasteiger partial charge is 0.489 e. The zero-order chi connectivity index (χ0) is 14.4. The molecule has 0 spiro atoms. The molecule has 1 fully saturated rings. The minimum Gasteiger partial charge on any atom is -0.489 e. The molecule has 1 aliphatic rings. The summed E-state index contributed by atoms with van der Waals surface area (Å²) in [4.78, 5) is 10.4. The van der Waals surface area contributed by atoms with Crippen molar-refractivity contribution in [2.75, 3.05) is 19.8 Å². The third-order valence-corrected chi connectivity index (χ3v) is 2.97. The summed E-state index contributed by atoms with van der Waals surface area (Å²) in [6, 6.07) is 4.41. The molecule has 0 aliphatic carbocycles. The van der Waals surface area contributed by atoms with Gasteiger partial charge in [-0.2, -0.15) is 0 Å². The van der Waals surface area contributed by atoms with E-state index in [9.17, 15) is 10.1 Å². The number of hydrogen-bond donors (Lipinski definition) is 0. The minimum absolute atomic E-state index is 0.00511. The number of benzene rings is 1. The van der Waals surface area contributed by atoms with E-state index >= 15 is 0 Å². The number of hydrogen-bond acceptors (Lipinski definition) is 5. The van der Waals surface area contributed by atoms with Gasteiger partial charge in [-0.25, -0.2) is 0 Å². The van der Waals surface area contributed by atoms with Gasteiger partial charge in [0.05, 0.1) is 24.2 Å². The molecule has 2 rings (SSSR count). The van der Waals surface area contributed by atoms with Crippen molar-refractivity contribution in [1.29, 1.82) is 0 Å². The summed E-state index contributed by atoms with van der Waals surface area (Å²) < 4.78 is 16.3. The highest BCUT2D eigenvalue weighted by Crippen LogP contribution is 2.32. The van der Waals surface area contributed by atoms with Crippen molar-refractivity contribution < 1.29 is 19.1 Å². The van der Waals surface area contributed by atoms with Crippen molar-refractivity contribution in [2.24, 2.45) is 0 Å². The average Bonchev–Trinajstić information content (AvgIpc) is 3.26. The Morgan fingerprint density at radius 3 is 2.80 bits per heavy atom. The van der Waals surface area contributed by atoms with Gasteiger partial charge >= 0.3 is 0 Å². The van der Waals surface area contributed by atoms with Crippen molar-refractivity contribution in [3.63, 3.8) is 0 Å². The summed E-state index contributed by atoms with van der Waals surface area (Å²) in [6.07, 6.45) is 3.23.